The maximum absolute atomic E-state index is 11.4. The zero-order valence-corrected chi connectivity index (χ0v) is 13.4. The fraction of sp³-hybridized carbons (Fsp3) is 0.824. The average molecular weight is 282 g/mol. The van der Waals surface area contributed by atoms with Gasteiger partial charge in [-0.05, 0) is 31.3 Å². The lowest BCUT2D eigenvalue weighted by Crippen LogP contribution is -2.37. The van der Waals surface area contributed by atoms with Crippen LogP contribution < -0.4 is 0 Å². The van der Waals surface area contributed by atoms with Crippen LogP contribution in [0.3, 0.4) is 0 Å². The average Bonchev–Trinajstić information content (AvgIpc) is 2.70. The molecule has 0 aromatic heterocycles. The van der Waals surface area contributed by atoms with Crippen molar-refractivity contribution in [2.75, 3.05) is 0 Å². The lowest BCUT2D eigenvalue weighted by molar-refractivity contribution is -0.146. The number of hydrogen-bond acceptors (Lipinski definition) is 3. The molecular formula is C17H30O3. The number of aliphatic hydroxyl groups excluding tert-OH is 1. The molecule has 0 saturated carbocycles. The molecule has 1 N–H and O–H groups in total. The first kappa shape index (κ1) is 17.2. The standard InChI is InChI=1S/C17H30O3/c1-5-8-9-13(4)10-14(6-2)12-17(7-3)15(18)11-16(19)20-17/h12-13,15,18H,5-11H2,1-4H3/b14-12-. The van der Waals surface area contributed by atoms with E-state index in [9.17, 15) is 9.90 Å². The Bertz CT molecular complexity index is 348. The number of aliphatic hydroxyl groups is 1. The minimum absolute atomic E-state index is 0.118. The van der Waals surface area contributed by atoms with Gasteiger partial charge in [-0.3, -0.25) is 4.79 Å². The molecule has 0 amide bonds. The highest BCUT2D eigenvalue weighted by Gasteiger charge is 2.45. The Hall–Kier alpha value is -0.830. The molecular weight excluding hydrogens is 252 g/mol. The summed E-state index contributed by atoms with van der Waals surface area (Å²) in [6.45, 7) is 8.58. The molecule has 1 fully saturated rings. The molecule has 3 atom stereocenters. The summed E-state index contributed by atoms with van der Waals surface area (Å²) in [5.41, 5.74) is 0.511. The number of esters is 1. The molecule has 116 valence electrons. The maximum Gasteiger partial charge on any atom is 0.309 e. The van der Waals surface area contributed by atoms with Crippen molar-refractivity contribution in [1.29, 1.82) is 0 Å². The van der Waals surface area contributed by atoms with Crippen LogP contribution in [0.1, 0.15) is 72.6 Å². The predicted molar refractivity (Wildman–Crippen MR) is 81.4 cm³/mol. The summed E-state index contributed by atoms with van der Waals surface area (Å²) >= 11 is 0. The van der Waals surface area contributed by atoms with E-state index in [1.54, 1.807) is 0 Å². The Labute approximate surface area is 123 Å². The van der Waals surface area contributed by atoms with Gasteiger partial charge in [-0.1, -0.05) is 52.5 Å². The van der Waals surface area contributed by atoms with Gasteiger partial charge in [-0.2, -0.15) is 0 Å². The molecule has 1 aliphatic rings. The van der Waals surface area contributed by atoms with E-state index in [1.807, 2.05) is 13.0 Å². The fourth-order valence-electron chi connectivity index (χ4n) is 2.94. The van der Waals surface area contributed by atoms with Crippen LogP contribution in [0.4, 0.5) is 0 Å². The van der Waals surface area contributed by atoms with Gasteiger partial charge in [0.1, 0.15) is 6.10 Å². The van der Waals surface area contributed by atoms with E-state index in [2.05, 4.69) is 20.8 Å². The molecule has 20 heavy (non-hydrogen) atoms. The molecule has 0 bridgehead atoms. The van der Waals surface area contributed by atoms with E-state index < -0.39 is 11.7 Å². The number of allylic oxidation sites excluding steroid dienone is 1. The summed E-state index contributed by atoms with van der Waals surface area (Å²) in [6, 6.07) is 0. The van der Waals surface area contributed by atoms with Gasteiger partial charge in [0.25, 0.3) is 0 Å². The number of cyclic esters (lactones) is 1. The zero-order chi connectivity index (χ0) is 15.2. The molecule has 1 heterocycles. The lowest BCUT2D eigenvalue weighted by Gasteiger charge is -2.28. The Morgan fingerprint density at radius 1 is 1.50 bits per heavy atom. The Kier molecular flexibility index (Phi) is 6.74. The summed E-state index contributed by atoms with van der Waals surface area (Å²) in [7, 11) is 0. The highest BCUT2D eigenvalue weighted by Crippen LogP contribution is 2.34. The molecule has 3 unspecified atom stereocenters. The second kappa shape index (κ2) is 7.82. The molecule has 3 heteroatoms. The van der Waals surface area contributed by atoms with E-state index in [-0.39, 0.29) is 12.4 Å². The van der Waals surface area contributed by atoms with E-state index in [1.165, 1.54) is 24.8 Å². The van der Waals surface area contributed by atoms with Gasteiger partial charge in [0.15, 0.2) is 5.60 Å². The van der Waals surface area contributed by atoms with Gasteiger partial charge in [0, 0.05) is 0 Å². The van der Waals surface area contributed by atoms with Crippen LogP contribution in [0.2, 0.25) is 0 Å². The van der Waals surface area contributed by atoms with Crippen molar-refractivity contribution < 1.29 is 14.6 Å². The summed E-state index contributed by atoms with van der Waals surface area (Å²) in [5, 5.41) is 10.1. The Morgan fingerprint density at radius 3 is 2.65 bits per heavy atom. The number of carbonyl (C=O) groups excluding carboxylic acids is 1. The number of carbonyl (C=O) groups is 1. The number of ether oxygens (including phenoxy) is 1. The van der Waals surface area contributed by atoms with Crippen molar-refractivity contribution in [3.05, 3.63) is 11.6 Å². The Balaban J connectivity index is 2.78. The van der Waals surface area contributed by atoms with Gasteiger partial charge in [0.05, 0.1) is 6.42 Å². The van der Waals surface area contributed by atoms with E-state index in [4.69, 9.17) is 4.74 Å². The lowest BCUT2D eigenvalue weighted by atomic mass is 9.87. The van der Waals surface area contributed by atoms with Gasteiger partial charge < -0.3 is 9.84 Å². The molecule has 3 nitrogen and oxygen atoms in total. The second-order valence-electron chi connectivity index (χ2n) is 6.11. The summed E-state index contributed by atoms with van der Waals surface area (Å²) in [4.78, 5) is 11.4. The first-order valence-electron chi connectivity index (χ1n) is 8.07. The number of unbranched alkanes of at least 4 members (excludes halogenated alkanes) is 1. The molecule has 0 aliphatic carbocycles. The monoisotopic (exact) mass is 282 g/mol. The van der Waals surface area contributed by atoms with Crippen molar-refractivity contribution >= 4 is 5.97 Å². The van der Waals surface area contributed by atoms with E-state index in [0.717, 1.165) is 12.8 Å². The van der Waals surface area contributed by atoms with E-state index >= 15 is 0 Å². The third-order valence-electron chi connectivity index (χ3n) is 4.34. The molecule has 1 saturated heterocycles. The van der Waals surface area contributed by atoms with E-state index in [0.29, 0.717) is 12.3 Å². The normalized spacial score (nSPS) is 28.6. The quantitative estimate of drug-likeness (QED) is 0.541. The van der Waals surface area contributed by atoms with Crippen LogP contribution in [0.5, 0.6) is 0 Å². The highest BCUT2D eigenvalue weighted by atomic mass is 16.6. The van der Waals surface area contributed by atoms with Gasteiger partial charge in [-0.15, -0.1) is 0 Å². The van der Waals surface area contributed by atoms with Crippen LogP contribution in [-0.4, -0.2) is 22.8 Å². The minimum Gasteiger partial charge on any atom is -0.452 e. The first-order chi connectivity index (χ1) is 9.47. The summed E-state index contributed by atoms with van der Waals surface area (Å²) < 4.78 is 5.44. The third kappa shape index (κ3) is 4.34. The third-order valence-corrected chi connectivity index (χ3v) is 4.34. The Morgan fingerprint density at radius 2 is 2.20 bits per heavy atom. The topological polar surface area (TPSA) is 46.5 Å². The summed E-state index contributed by atoms with van der Waals surface area (Å²) in [5.74, 6) is 0.356. The minimum atomic E-state index is -0.785. The largest absolute Gasteiger partial charge is 0.452 e. The SMILES string of the molecule is CCCCC(C)C/C(=C\C1(CC)OC(=O)CC1O)CC. The van der Waals surface area contributed by atoms with Crippen LogP contribution >= 0.6 is 0 Å². The molecule has 0 aromatic carbocycles. The number of hydrogen-bond donors (Lipinski definition) is 1. The number of rotatable bonds is 8. The van der Waals surface area contributed by atoms with Crippen LogP contribution in [-0.2, 0) is 9.53 Å². The first-order valence-corrected chi connectivity index (χ1v) is 8.07. The zero-order valence-electron chi connectivity index (χ0n) is 13.4. The van der Waals surface area contributed by atoms with Crippen molar-refractivity contribution in [3.8, 4) is 0 Å². The second-order valence-corrected chi connectivity index (χ2v) is 6.11. The van der Waals surface area contributed by atoms with Crippen molar-refractivity contribution in [3.63, 3.8) is 0 Å². The highest BCUT2D eigenvalue weighted by molar-refractivity contribution is 5.74. The van der Waals surface area contributed by atoms with Crippen LogP contribution in [0.15, 0.2) is 11.6 Å². The molecule has 0 radical (unpaired) electrons. The smallest absolute Gasteiger partial charge is 0.309 e. The summed E-state index contributed by atoms with van der Waals surface area (Å²) in [6.07, 6.45) is 7.78. The molecule has 1 aliphatic heterocycles. The van der Waals surface area contributed by atoms with Gasteiger partial charge in [-0.25, -0.2) is 0 Å². The fourth-order valence-corrected chi connectivity index (χ4v) is 2.94. The molecule has 0 spiro atoms. The van der Waals surface area contributed by atoms with Gasteiger partial charge >= 0.3 is 5.97 Å². The van der Waals surface area contributed by atoms with Crippen molar-refractivity contribution in [2.45, 2.75) is 84.3 Å². The van der Waals surface area contributed by atoms with Crippen LogP contribution in [0, 0.1) is 5.92 Å². The molecule has 1 rings (SSSR count). The van der Waals surface area contributed by atoms with Gasteiger partial charge in [0.2, 0.25) is 0 Å². The van der Waals surface area contributed by atoms with Crippen molar-refractivity contribution in [2.24, 2.45) is 5.92 Å². The molecule has 0 aromatic rings. The van der Waals surface area contributed by atoms with Crippen LogP contribution in [0.25, 0.3) is 0 Å². The maximum atomic E-state index is 11.4. The predicted octanol–water partition coefficient (Wildman–Crippen LogP) is 4.00. The van der Waals surface area contributed by atoms with Crippen molar-refractivity contribution in [1.82, 2.24) is 0 Å².